The molecule has 1 aromatic rings. The van der Waals surface area contributed by atoms with Crippen molar-refractivity contribution in [3.05, 3.63) is 42.8 Å². The minimum atomic E-state index is -1.34. The van der Waals surface area contributed by atoms with Crippen LogP contribution in [0.1, 0.15) is 46.1 Å². The van der Waals surface area contributed by atoms with E-state index in [9.17, 15) is 30.0 Å². The Balaban J connectivity index is 3.39. The second-order valence-electron chi connectivity index (χ2n) is 9.02. The third kappa shape index (κ3) is 9.42. The Labute approximate surface area is 190 Å². The highest BCUT2D eigenvalue weighted by Crippen LogP contribution is 2.24. The maximum Gasteiger partial charge on any atom is 0.419 e. The van der Waals surface area contributed by atoms with Crippen molar-refractivity contribution in [1.29, 1.82) is 0 Å². The van der Waals surface area contributed by atoms with E-state index >= 15 is 0 Å². The fourth-order valence-electron chi connectivity index (χ4n) is 3.91. The van der Waals surface area contributed by atoms with Gasteiger partial charge >= 0.3 is 12.2 Å². The molecule has 5 atom stereocenters. The average Bonchev–Trinajstić information content (AvgIpc) is 2.67. The molecule has 1 aromatic carbocycles. The van der Waals surface area contributed by atoms with Gasteiger partial charge in [0, 0.05) is 0 Å². The Morgan fingerprint density at radius 1 is 0.938 bits per heavy atom. The summed E-state index contributed by atoms with van der Waals surface area (Å²) < 4.78 is 0. The van der Waals surface area contributed by atoms with Gasteiger partial charge in [0.2, 0.25) is 0 Å². The molecule has 181 valence electrons. The van der Waals surface area contributed by atoms with Crippen LogP contribution in [-0.4, -0.2) is 68.0 Å². The molecule has 32 heavy (non-hydrogen) atoms. The monoisotopic (exact) mass is 452 g/mol. The summed E-state index contributed by atoms with van der Waals surface area (Å²) in [6.45, 7) is 11.4. The minimum Gasteiger partial charge on any atom is -0.465 e. The summed E-state index contributed by atoms with van der Waals surface area (Å²) in [5.41, 5.74) is 3.16. The van der Waals surface area contributed by atoms with E-state index in [4.69, 9.17) is 0 Å². The van der Waals surface area contributed by atoms with E-state index in [1.807, 2.05) is 58.0 Å². The number of aliphatic hydroxyl groups excluding tert-OH is 2. The van der Waals surface area contributed by atoms with Crippen LogP contribution < -0.4 is 10.7 Å². The molecule has 0 aromatic heterocycles. The first-order valence-corrected chi connectivity index (χ1v) is 10.9. The zero-order chi connectivity index (χ0) is 24.4. The van der Waals surface area contributed by atoms with Gasteiger partial charge in [-0.05, 0) is 43.6 Å². The largest absolute Gasteiger partial charge is 0.465 e. The molecule has 0 spiro atoms. The molecule has 0 fully saturated rings. The van der Waals surface area contributed by atoms with E-state index in [-0.39, 0.29) is 18.3 Å². The van der Waals surface area contributed by atoms with Crippen molar-refractivity contribution in [1.82, 2.24) is 15.8 Å². The molecule has 0 bridgehead atoms. The highest BCUT2D eigenvalue weighted by Gasteiger charge is 2.39. The van der Waals surface area contributed by atoms with Crippen molar-refractivity contribution in [2.45, 2.75) is 77.3 Å². The molecule has 1 rings (SSSR count). The number of nitrogens with zero attached hydrogens (tertiary/aromatic N) is 1. The molecule has 5 unspecified atom stereocenters. The maximum absolute atomic E-state index is 11.6. The molecule has 2 amide bonds. The van der Waals surface area contributed by atoms with Gasteiger partial charge in [0.25, 0.3) is 0 Å². The number of carboxylic acid groups (broad SMARTS) is 2. The summed E-state index contributed by atoms with van der Waals surface area (Å²) in [6.07, 6.45) is -4.05. The van der Waals surface area contributed by atoms with Gasteiger partial charge < -0.3 is 25.7 Å². The Bertz CT molecular complexity index is 698. The van der Waals surface area contributed by atoms with Gasteiger partial charge in [0.1, 0.15) is 0 Å². The molecule has 6 N–H and O–H groups in total. The lowest BCUT2D eigenvalue weighted by Crippen LogP contribution is -2.64. The second kappa shape index (κ2) is 13.2. The van der Waals surface area contributed by atoms with Gasteiger partial charge in [-0.3, -0.25) is 5.43 Å². The van der Waals surface area contributed by atoms with Crippen molar-refractivity contribution >= 4 is 12.2 Å². The van der Waals surface area contributed by atoms with Gasteiger partial charge in [-0.15, -0.1) is 0 Å². The second-order valence-corrected chi connectivity index (χ2v) is 9.02. The summed E-state index contributed by atoms with van der Waals surface area (Å²) in [4.78, 5) is 23.1. The van der Waals surface area contributed by atoms with E-state index in [0.717, 1.165) is 5.56 Å². The molecule has 9 nitrogen and oxygen atoms in total. The van der Waals surface area contributed by atoms with Crippen LogP contribution in [0.25, 0.3) is 0 Å². The molecular weight excluding hydrogens is 414 g/mol. The van der Waals surface area contributed by atoms with Crippen molar-refractivity contribution in [3.63, 3.8) is 0 Å². The lowest BCUT2D eigenvalue weighted by Gasteiger charge is -2.43. The first kappa shape index (κ1) is 27.7. The van der Waals surface area contributed by atoms with Crippen LogP contribution in [-0.2, 0) is 6.42 Å². The Morgan fingerprint density at radius 2 is 1.47 bits per heavy atom. The summed E-state index contributed by atoms with van der Waals surface area (Å²) in [7, 11) is 0. The lowest BCUT2D eigenvalue weighted by molar-refractivity contribution is -0.0592. The summed E-state index contributed by atoms with van der Waals surface area (Å²) in [6, 6.07) is 6.70. The molecule has 1 radical (unpaired) electrons. The number of amides is 2. The topological polar surface area (TPSA) is 142 Å². The Morgan fingerprint density at radius 3 is 1.91 bits per heavy atom. The standard InChI is InChI=1S/C23H38N3O6/c1-14(2)11-19(16(5)27)26(25-23(31)32)20(12-15(3)4)21(28)18(24-22(29)30)13-17-9-7-6-8-10-17/h6-10,14-16,18-21,24-25,27-28H,5,11-13H2,1-4H3,(H,29,30)(H,31,32). The number of hydrazine groups is 1. The lowest BCUT2D eigenvalue weighted by atomic mass is 9.88. The number of aliphatic hydroxyl groups is 2. The molecule has 0 aliphatic heterocycles. The number of carbonyl (C=O) groups is 2. The molecule has 0 aliphatic rings. The smallest absolute Gasteiger partial charge is 0.419 e. The van der Waals surface area contributed by atoms with Crippen molar-refractivity contribution in [2.24, 2.45) is 11.8 Å². The number of nitrogens with one attached hydrogen (secondary N) is 2. The van der Waals surface area contributed by atoms with Crippen LogP contribution in [0.3, 0.4) is 0 Å². The van der Waals surface area contributed by atoms with Crippen molar-refractivity contribution in [2.75, 3.05) is 0 Å². The summed E-state index contributed by atoms with van der Waals surface area (Å²) >= 11 is 0. The third-order valence-electron chi connectivity index (χ3n) is 5.22. The van der Waals surface area contributed by atoms with Crippen molar-refractivity contribution < 1.29 is 30.0 Å². The minimum absolute atomic E-state index is 0.0524. The van der Waals surface area contributed by atoms with Crippen LogP contribution in [0.15, 0.2) is 30.3 Å². The van der Waals surface area contributed by atoms with Gasteiger partial charge in [0.15, 0.2) is 0 Å². The zero-order valence-electron chi connectivity index (χ0n) is 19.3. The van der Waals surface area contributed by atoms with E-state index in [1.165, 1.54) is 5.01 Å². The molecule has 9 heteroatoms. The third-order valence-corrected chi connectivity index (χ3v) is 5.22. The Hall–Kier alpha value is -2.36. The first-order valence-electron chi connectivity index (χ1n) is 10.9. The van der Waals surface area contributed by atoms with Crippen LogP contribution in [0, 0.1) is 18.8 Å². The molecule has 0 saturated carbocycles. The van der Waals surface area contributed by atoms with Gasteiger partial charge in [0.05, 0.1) is 30.3 Å². The predicted molar refractivity (Wildman–Crippen MR) is 122 cm³/mol. The van der Waals surface area contributed by atoms with E-state index < -0.39 is 42.5 Å². The number of benzene rings is 1. The SMILES string of the molecule is [CH2]C(O)C(CC(C)C)N(NC(=O)O)C(CC(C)C)C(O)C(Cc1ccccc1)NC(=O)O. The fraction of sp³-hybridized carbons (Fsp3) is 0.609. The normalized spacial score (nSPS) is 16.4. The fourth-order valence-corrected chi connectivity index (χ4v) is 3.91. The number of hydrogen-bond acceptors (Lipinski definition) is 5. The molecule has 0 heterocycles. The molecular formula is C23H38N3O6. The van der Waals surface area contributed by atoms with Crippen LogP contribution in [0.5, 0.6) is 0 Å². The van der Waals surface area contributed by atoms with Crippen LogP contribution in [0.4, 0.5) is 9.59 Å². The molecule has 0 saturated heterocycles. The highest BCUT2D eigenvalue weighted by atomic mass is 16.4. The summed E-state index contributed by atoms with van der Waals surface area (Å²) in [5.74, 6) is 0.167. The van der Waals surface area contributed by atoms with E-state index in [2.05, 4.69) is 17.7 Å². The predicted octanol–water partition coefficient (Wildman–Crippen LogP) is 2.74. The molecule has 0 aliphatic carbocycles. The van der Waals surface area contributed by atoms with Gasteiger partial charge in [-0.1, -0.05) is 58.0 Å². The van der Waals surface area contributed by atoms with Gasteiger partial charge in [-0.25, -0.2) is 14.6 Å². The zero-order valence-corrected chi connectivity index (χ0v) is 19.3. The van der Waals surface area contributed by atoms with Crippen molar-refractivity contribution in [3.8, 4) is 0 Å². The average molecular weight is 453 g/mol. The van der Waals surface area contributed by atoms with Crippen LogP contribution in [0.2, 0.25) is 0 Å². The van der Waals surface area contributed by atoms with Gasteiger partial charge in [-0.2, -0.15) is 0 Å². The summed E-state index contributed by atoms with van der Waals surface area (Å²) in [5, 5.41) is 44.3. The quantitative estimate of drug-likeness (QED) is 0.253. The maximum atomic E-state index is 11.6. The van der Waals surface area contributed by atoms with E-state index in [0.29, 0.717) is 12.8 Å². The highest BCUT2D eigenvalue weighted by molar-refractivity contribution is 5.65. The van der Waals surface area contributed by atoms with E-state index in [1.54, 1.807) is 0 Å². The van der Waals surface area contributed by atoms with Crippen LogP contribution >= 0.6 is 0 Å². The first-order chi connectivity index (χ1) is 14.9. The number of hydrogen-bond donors (Lipinski definition) is 6. The number of rotatable bonds is 13. The Kier molecular flexibility index (Phi) is 11.5.